The van der Waals surface area contributed by atoms with Crippen molar-refractivity contribution in [2.75, 3.05) is 16.8 Å². The summed E-state index contributed by atoms with van der Waals surface area (Å²) in [6.07, 6.45) is 7.26. The Morgan fingerprint density at radius 3 is 2.17 bits per heavy atom. The number of benzene rings is 1. The van der Waals surface area contributed by atoms with Crippen molar-refractivity contribution in [2.45, 2.75) is 63.1 Å². The lowest BCUT2D eigenvalue weighted by Crippen LogP contribution is -2.50. The van der Waals surface area contributed by atoms with Gasteiger partial charge in [-0.05, 0) is 81.3 Å². The minimum atomic E-state index is -0.362. The summed E-state index contributed by atoms with van der Waals surface area (Å²) in [6.45, 7) is 0. The van der Waals surface area contributed by atoms with Gasteiger partial charge in [0.25, 0.3) is 5.56 Å². The number of anilines is 2. The molecule has 8 heteroatoms. The maximum Gasteiger partial charge on any atom is 0.270 e. The Balaban J connectivity index is 1.44. The zero-order chi connectivity index (χ0) is 25.4. The molecule has 0 N–H and O–H groups in total. The second kappa shape index (κ2) is 9.62. The van der Waals surface area contributed by atoms with Gasteiger partial charge in [-0.15, -0.1) is 0 Å². The van der Waals surface area contributed by atoms with Gasteiger partial charge in [0.2, 0.25) is 0 Å². The molecule has 5 rings (SSSR count). The predicted molar refractivity (Wildman–Crippen MR) is 137 cm³/mol. The second-order valence-corrected chi connectivity index (χ2v) is 9.92. The van der Waals surface area contributed by atoms with Crippen molar-refractivity contribution in [3.63, 3.8) is 0 Å². The number of hydrogen-bond acceptors (Lipinski definition) is 6. The van der Waals surface area contributed by atoms with E-state index in [1.165, 1.54) is 23.1 Å². The first-order chi connectivity index (χ1) is 17.4. The summed E-state index contributed by atoms with van der Waals surface area (Å²) in [5, 5.41) is 19.3. The van der Waals surface area contributed by atoms with E-state index in [0.717, 1.165) is 44.2 Å². The maximum absolute atomic E-state index is 13.6. The Hall–Kier alpha value is -3.91. The number of halogens is 1. The lowest BCUT2D eigenvalue weighted by molar-refractivity contribution is 0.301. The van der Waals surface area contributed by atoms with Crippen LogP contribution in [0.1, 0.15) is 56.2 Å². The first-order valence-corrected chi connectivity index (χ1v) is 12.5. The minimum Gasteiger partial charge on any atom is -0.369 e. The highest BCUT2D eigenvalue weighted by Gasteiger charge is 2.35. The van der Waals surface area contributed by atoms with E-state index in [1.54, 1.807) is 19.2 Å². The highest BCUT2D eigenvalue weighted by molar-refractivity contribution is 5.92. The van der Waals surface area contributed by atoms with Crippen molar-refractivity contribution < 1.29 is 4.39 Å². The summed E-state index contributed by atoms with van der Waals surface area (Å²) in [6, 6.07) is 15.3. The van der Waals surface area contributed by atoms with E-state index in [-0.39, 0.29) is 28.7 Å². The molecule has 1 aromatic carbocycles. The van der Waals surface area contributed by atoms with Crippen molar-refractivity contribution in [3.05, 3.63) is 63.8 Å². The highest BCUT2D eigenvalue weighted by atomic mass is 19.1. The normalized spacial score (nSPS) is 19.8. The third-order valence-electron chi connectivity index (χ3n) is 7.99. The summed E-state index contributed by atoms with van der Waals surface area (Å²) in [5.74, 6) is -0.222. The van der Waals surface area contributed by atoms with Gasteiger partial charge in [-0.3, -0.25) is 4.79 Å². The number of fused-ring (bicyclic) bond motifs is 1. The number of nitrogens with zero attached hydrogens (tertiary/aromatic N) is 6. The zero-order valence-electron chi connectivity index (χ0n) is 20.6. The van der Waals surface area contributed by atoms with Crippen molar-refractivity contribution in [3.8, 4) is 12.1 Å². The fraction of sp³-hybridized carbons (Fsp3) is 0.429. The number of hydrogen-bond donors (Lipinski definition) is 0. The number of nitriles is 2. The molecule has 2 aromatic heterocycles. The Morgan fingerprint density at radius 2 is 1.58 bits per heavy atom. The van der Waals surface area contributed by atoms with Crippen LogP contribution in [0.15, 0.2) is 41.2 Å². The molecule has 0 saturated heterocycles. The van der Waals surface area contributed by atoms with Gasteiger partial charge in [0, 0.05) is 37.9 Å². The highest BCUT2D eigenvalue weighted by Crippen LogP contribution is 2.38. The van der Waals surface area contributed by atoms with Gasteiger partial charge in [-0.25, -0.2) is 9.37 Å². The fourth-order valence-electron chi connectivity index (χ4n) is 5.80. The van der Waals surface area contributed by atoms with E-state index in [4.69, 9.17) is 0 Å². The van der Waals surface area contributed by atoms with Crippen LogP contribution in [0, 0.1) is 28.5 Å². The molecule has 0 atom stereocenters. The van der Waals surface area contributed by atoms with E-state index in [9.17, 15) is 19.7 Å². The van der Waals surface area contributed by atoms with E-state index >= 15 is 0 Å². The quantitative estimate of drug-likeness (QED) is 0.525. The molecular weight excluding hydrogens is 455 g/mol. The predicted octanol–water partition coefficient (Wildman–Crippen LogP) is 4.62. The van der Waals surface area contributed by atoms with E-state index < -0.39 is 0 Å². The first-order valence-electron chi connectivity index (χ1n) is 12.5. The van der Waals surface area contributed by atoms with Crippen LogP contribution < -0.4 is 15.4 Å². The molecule has 7 nitrogen and oxygen atoms in total. The Bertz CT molecular complexity index is 1420. The van der Waals surface area contributed by atoms with Crippen LogP contribution in [-0.4, -0.2) is 34.7 Å². The van der Waals surface area contributed by atoms with Gasteiger partial charge in [0.1, 0.15) is 34.7 Å². The lowest BCUT2D eigenvalue weighted by atomic mass is 9.84. The summed E-state index contributed by atoms with van der Waals surface area (Å²) in [7, 11) is 3.54. The number of aromatic nitrogens is 2. The van der Waals surface area contributed by atoms with Crippen LogP contribution in [0.4, 0.5) is 15.8 Å². The molecule has 0 amide bonds. The maximum atomic E-state index is 13.6. The number of pyridine rings is 2. The molecule has 2 saturated carbocycles. The Kier molecular flexibility index (Phi) is 6.36. The van der Waals surface area contributed by atoms with Gasteiger partial charge in [-0.2, -0.15) is 10.5 Å². The van der Waals surface area contributed by atoms with Crippen LogP contribution in [0.5, 0.6) is 0 Å². The molecule has 0 unspecified atom stereocenters. The van der Waals surface area contributed by atoms with E-state index in [1.807, 2.05) is 24.1 Å². The largest absolute Gasteiger partial charge is 0.369 e. The van der Waals surface area contributed by atoms with Crippen LogP contribution >= 0.6 is 0 Å². The van der Waals surface area contributed by atoms with Crippen molar-refractivity contribution >= 4 is 22.4 Å². The van der Waals surface area contributed by atoms with Crippen LogP contribution in [-0.2, 0) is 7.05 Å². The summed E-state index contributed by atoms with van der Waals surface area (Å²) in [4.78, 5) is 22.0. The molecule has 36 heavy (non-hydrogen) atoms. The Morgan fingerprint density at radius 1 is 0.944 bits per heavy atom. The molecule has 3 aromatic rings. The molecule has 184 valence electrons. The topological polar surface area (TPSA) is 88.9 Å². The smallest absolute Gasteiger partial charge is 0.270 e. The summed E-state index contributed by atoms with van der Waals surface area (Å²) < 4.78 is 15.0. The third-order valence-corrected chi connectivity index (χ3v) is 7.99. The van der Waals surface area contributed by atoms with Gasteiger partial charge in [0.15, 0.2) is 0 Å². The monoisotopic (exact) mass is 484 g/mol. The SMILES string of the molecule is Cn1c(=O)c(C#N)c(N(C)[C@H]2CC[C@H](N(c3ccc(F)cc3)C3CCC3)CC2)c2nc(C#N)ccc21. The molecule has 2 fully saturated rings. The molecule has 0 spiro atoms. The molecular formula is C28H29FN6O. The first kappa shape index (κ1) is 23.8. The summed E-state index contributed by atoms with van der Waals surface area (Å²) in [5.41, 5.74) is 2.62. The number of rotatable bonds is 5. The van der Waals surface area contributed by atoms with Gasteiger partial charge in [-0.1, -0.05) is 0 Å². The van der Waals surface area contributed by atoms with Crippen molar-refractivity contribution in [1.82, 2.24) is 9.55 Å². The van der Waals surface area contributed by atoms with Crippen molar-refractivity contribution in [1.29, 1.82) is 10.5 Å². The van der Waals surface area contributed by atoms with E-state index in [0.29, 0.717) is 28.8 Å². The average Bonchev–Trinajstić information content (AvgIpc) is 2.88. The second-order valence-electron chi connectivity index (χ2n) is 9.92. The molecule has 2 heterocycles. The number of aryl methyl sites for hydroxylation is 1. The fourth-order valence-corrected chi connectivity index (χ4v) is 5.80. The average molecular weight is 485 g/mol. The van der Waals surface area contributed by atoms with Crippen LogP contribution in [0.25, 0.3) is 11.0 Å². The molecule has 0 bridgehead atoms. The minimum absolute atomic E-state index is 0.0552. The van der Waals surface area contributed by atoms with E-state index in [2.05, 4.69) is 22.0 Å². The standard InChI is InChI=1S/C28H29FN6O/c1-33(27-24(17-31)28(36)34(2)25-15-8-19(16-30)32-26(25)27)20-11-13-23(14-12-20)35(21-4-3-5-21)22-9-6-18(29)7-10-22/h6-10,15,20-21,23H,3-5,11-14H2,1-2H3/t20-,23-. The third kappa shape index (κ3) is 4.07. The van der Waals surface area contributed by atoms with Crippen LogP contribution in [0.2, 0.25) is 0 Å². The zero-order valence-corrected chi connectivity index (χ0v) is 20.6. The molecule has 0 radical (unpaired) electrons. The van der Waals surface area contributed by atoms with Crippen molar-refractivity contribution in [2.24, 2.45) is 7.05 Å². The van der Waals surface area contributed by atoms with Gasteiger partial charge in [0.05, 0.1) is 11.2 Å². The molecule has 2 aliphatic rings. The Labute approximate surface area is 210 Å². The van der Waals surface area contributed by atoms with Gasteiger partial charge >= 0.3 is 0 Å². The van der Waals surface area contributed by atoms with Gasteiger partial charge < -0.3 is 14.4 Å². The molecule has 0 aliphatic heterocycles. The summed E-state index contributed by atoms with van der Waals surface area (Å²) >= 11 is 0. The lowest BCUT2D eigenvalue weighted by Gasteiger charge is -2.47. The molecule has 2 aliphatic carbocycles. The van der Waals surface area contributed by atoms with Crippen LogP contribution in [0.3, 0.4) is 0 Å².